The molecule has 0 radical (unpaired) electrons. The molecular weight excluding hydrogens is 387 g/mol. The van der Waals surface area contributed by atoms with Crippen LogP contribution in [0.4, 0.5) is 5.69 Å². The molecule has 0 aliphatic heterocycles. The molecule has 28 heavy (non-hydrogen) atoms. The van der Waals surface area contributed by atoms with Crippen LogP contribution in [0.3, 0.4) is 0 Å². The van der Waals surface area contributed by atoms with E-state index >= 15 is 0 Å². The summed E-state index contributed by atoms with van der Waals surface area (Å²) in [4.78, 5) is 21.9. The largest absolute Gasteiger partial charge is 0.516 e. The number of hydrogen-bond donors (Lipinski definition) is 1. The summed E-state index contributed by atoms with van der Waals surface area (Å²) in [5.74, 6) is -1.30. The Bertz CT molecular complexity index is 871. The molecule has 0 aromatic heterocycles. The van der Waals surface area contributed by atoms with Gasteiger partial charge in [-0.25, -0.2) is 4.57 Å². The van der Waals surface area contributed by atoms with Gasteiger partial charge in [-0.2, -0.15) is 4.67 Å². The van der Waals surface area contributed by atoms with Crippen LogP contribution in [0.2, 0.25) is 0 Å². The van der Waals surface area contributed by atoms with Gasteiger partial charge in [-0.15, -0.1) is 0 Å². The van der Waals surface area contributed by atoms with E-state index in [0.717, 1.165) is 4.67 Å². The fourth-order valence-electron chi connectivity index (χ4n) is 2.55. The van der Waals surface area contributed by atoms with Crippen molar-refractivity contribution in [2.45, 2.75) is 19.9 Å². The number of hydrogen-bond acceptors (Lipinski definition) is 6. The molecule has 2 atom stereocenters. The quantitative estimate of drug-likeness (QED) is 0.372. The molecule has 0 fully saturated rings. The average Bonchev–Trinajstić information content (AvgIpc) is 2.62. The number of carboxylic acid groups (broad SMARTS) is 1. The normalized spacial score (nSPS) is 14.3. The number of carbonyl (C=O) groups is 1. The maximum Gasteiger partial charge on any atom is 0.516 e. The second-order valence-corrected chi connectivity index (χ2v) is 8.25. The van der Waals surface area contributed by atoms with Crippen LogP contribution in [0.5, 0.6) is 11.5 Å². The maximum absolute atomic E-state index is 13.6. The van der Waals surface area contributed by atoms with Gasteiger partial charge in [0.2, 0.25) is 0 Å². The third-order valence-electron chi connectivity index (χ3n) is 3.91. The lowest BCUT2D eigenvalue weighted by Gasteiger charge is -2.32. The first kappa shape index (κ1) is 21.4. The SMILES string of the molecule is CC(C)[C@H](C(=O)O)N(C)P(=O)(Oc1ccccc1)Oc1ccc([N+](=O)[O-])cc1. The molecule has 9 nitrogen and oxygen atoms in total. The molecule has 0 saturated carbocycles. The minimum absolute atomic E-state index is 0.0459. The van der Waals surface area contributed by atoms with Gasteiger partial charge < -0.3 is 14.2 Å². The van der Waals surface area contributed by atoms with E-state index in [-0.39, 0.29) is 17.2 Å². The Morgan fingerprint density at radius 1 is 1.07 bits per heavy atom. The van der Waals surface area contributed by atoms with Gasteiger partial charge in [-0.1, -0.05) is 32.0 Å². The Morgan fingerprint density at radius 3 is 2.00 bits per heavy atom. The van der Waals surface area contributed by atoms with Crippen molar-refractivity contribution in [2.75, 3.05) is 7.05 Å². The molecule has 0 aliphatic rings. The predicted molar refractivity (Wildman–Crippen MR) is 102 cm³/mol. The summed E-state index contributed by atoms with van der Waals surface area (Å²) < 4.78 is 25.8. The first-order valence-corrected chi connectivity index (χ1v) is 9.88. The lowest BCUT2D eigenvalue weighted by Crippen LogP contribution is -2.42. The monoisotopic (exact) mass is 408 g/mol. The van der Waals surface area contributed by atoms with Crippen LogP contribution in [0, 0.1) is 16.0 Å². The molecule has 1 N–H and O–H groups in total. The summed E-state index contributed by atoms with van der Waals surface area (Å²) in [6, 6.07) is 12.0. The fourth-order valence-corrected chi connectivity index (χ4v) is 4.29. The summed E-state index contributed by atoms with van der Waals surface area (Å²) in [5, 5.41) is 20.4. The molecule has 0 amide bonds. The van der Waals surface area contributed by atoms with Crippen molar-refractivity contribution < 1.29 is 28.4 Å². The van der Waals surface area contributed by atoms with Crippen LogP contribution in [0.25, 0.3) is 0 Å². The van der Waals surface area contributed by atoms with Crippen molar-refractivity contribution in [3.05, 3.63) is 64.7 Å². The molecule has 150 valence electrons. The van der Waals surface area contributed by atoms with Crippen LogP contribution in [-0.2, 0) is 9.36 Å². The summed E-state index contributed by atoms with van der Waals surface area (Å²) in [5.41, 5.74) is -0.162. The molecule has 10 heteroatoms. The second kappa shape index (κ2) is 8.86. The van der Waals surface area contributed by atoms with E-state index in [0.29, 0.717) is 0 Å². The number of nitro benzene ring substituents is 1. The Kier molecular flexibility index (Phi) is 6.77. The van der Waals surface area contributed by atoms with E-state index in [1.165, 1.54) is 31.3 Å². The molecule has 2 aromatic carbocycles. The van der Waals surface area contributed by atoms with Crippen molar-refractivity contribution >= 4 is 19.4 Å². The van der Waals surface area contributed by atoms with Gasteiger partial charge in [0.15, 0.2) is 0 Å². The zero-order valence-electron chi connectivity index (χ0n) is 15.6. The summed E-state index contributed by atoms with van der Waals surface area (Å²) in [6.45, 7) is 3.35. The molecule has 1 unspecified atom stereocenters. The van der Waals surface area contributed by atoms with Crippen molar-refractivity contribution in [2.24, 2.45) is 5.92 Å². The minimum atomic E-state index is -4.17. The Labute approximate surface area is 162 Å². The lowest BCUT2D eigenvalue weighted by molar-refractivity contribution is -0.384. The molecule has 2 aromatic rings. The summed E-state index contributed by atoms with van der Waals surface area (Å²) in [7, 11) is -2.83. The zero-order chi connectivity index (χ0) is 20.9. The molecule has 0 saturated heterocycles. The highest BCUT2D eigenvalue weighted by Crippen LogP contribution is 2.52. The lowest BCUT2D eigenvalue weighted by atomic mass is 10.1. The minimum Gasteiger partial charge on any atom is -0.480 e. The fraction of sp³-hybridized carbons (Fsp3) is 0.278. The predicted octanol–water partition coefficient (Wildman–Crippen LogP) is 4.20. The number of para-hydroxylation sites is 1. The number of likely N-dealkylation sites (N-methyl/N-ethyl adjacent to an activating group) is 1. The van der Waals surface area contributed by atoms with Crippen molar-refractivity contribution in [3.8, 4) is 11.5 Å². The molecule has 0 spiro atoms. The standard InChI is InChI=1S/C18H21N2O7P/c1-13(2)17(18(21)22)19(3)28(25,26-15-7-5-4-6-8-15)27-16-11-9-14(10-12-16)20(23)24/h4-13,17H,1-3H3,(H,21,22)/t17-,28?/m1/s1. The summed E-state index contributed by atoms with van der Waals surface area (Å²) in [6.07, 6.45) is 0. The van der Waals surface area contributed by atoms with E-state index in [1.807, 2.05) is 0 Å². The smallest absolute Gasteiger partial charge is 0.480 e. The van der Waals surface area contributed by atoms with Gasteiger partial charge in [-0.3, -0.25) is 14.9 Å². The summed E-state index contributed by atoms with van der Waals surface area (Å²) >= 11 is 0. The van der Waals surface area contributed by atoms with Gasteiger partial charge in [0.05, 0.1) is 4.92 Å². The number of aliphatic carboxylic acids is 1. The number of nitrogens with zero attached hydrogens (tertiary/aromatic N) is 2. The molecular formula is C18H21N2O7P. The highest BCUT2D eigenvalue weighted by atomic mass is 31.2. The Balaban J connectivity index is 2.41. The number of nitro groups is 1. The van der Waals surface area contributed by atoms with Gasteiger partial charge in [0, 0.05) is 19.2 Å². The number of benzene rings is 2. The topological polar surface area (TPSA) is 119 Å². The first-order chi connectivity index (χ1) is 13.1. The van der Waals surface area contributed by atoms with Gasteiger partial charge in [0.1, 0.15) is 17.5 Å². The first-order valence-electron chi connectivity index (χ1n) is 8.39. The zero-order valence-corrected chi connectivity index (χ0v) is 16.5. The van der Waals surface area contributed by atoms with Crippen LogP contribution in [-0.4, -0.2) is 33.8 Å². The molecule has 0 aliphatic carbocycles. The van der Waals surface area contributed by atoms with Gasteiger partial charge in [-0.05, 0) is 30.2 Å². The molecule has 2 rings (SSSR count). The maximum atomic E-state index is 13.6. The van der Waals surface area contributed by atoms with Crippen LogP contribution in [0.1, 0.15) is 13.8 Å². The number of rotatable bonds is 9. The number of carboxylic acids is 1. The van der Waals surface area contributed by atoms with E-state index in [1.54, 1.807) is 44.2 Å². The van der Waals surface area contributed by atoms with Crippen molar-refractivity contribution in [1.29, 1.82) is 0 Å². The van der Waals surface area contributed by atoms with Crippen LogP contribution < -0.4 is 9.05 Å². The second-order valence-electron chi connectivity index (χ2n) is 6.32. The highest BCUT2D eigenvalue weighted by Gasteiger charge is 2.43. The van der Waals surface area contributed by atoms with E-state index in [4.69, 9.17) is 9.05 Å². The van der Waals surface area contributed by atoms with Crippen molar-refractivity contribution in [1.82, 2.24) is 4.67 Å². The van der Waals surface area contributed by atoms with E-state index < -0.39 is 30.6 Å². The van der Waals surface area contributed by atoms with Crippen LogP contribution in [0.15, 0.2) is 54.6 Å². The third-order valence-corrected chi connectivity index (χ3v) is 5.81. The van der Waals surface area contributed by atoms with Gasteiger partial charge in [0.25, 0.3) is 5.69 Å². The van der Waals surface area contributed by atoms with Crippen LogP contribution >= 0.6 is 7.75 Å². The molecule has 0 bridgehead atoms. The third kappa shape index (κ3) is 5.09. The Morgan fingerprint density at radius 2 is 1.57 bits per heavy atom. The number of non-ortho nitro benzene ring substituents is 1. The van der Waals surface area contributed by atoms with E-state index in [9.17, 15) is 24.6 Å². The van der Waals surface area contributed by atoms with Crippen molar-refractivity contribution in [3.63, 3.8) is 0 Å². The van der Waals surface area contributed by atoms with E-state index in [2.05, 4.69) is 0 Å². The Hall–Kier alpha value is -2.90. The average molecular weight is 408 g/mol. The van der Waals surface area contributed by atoms with Gasteiger partial charge >= 0.3 is 13.7 Å². The molecule has 0 heterocycles. The highest BCUT2D eigenvalue weighted by molar-refractivity contribution is 7.52.